The second kappa shape index (κ2) is 8.31. The molecule has 0 saturated carbocycles. The number of rotatable bonds is 6. The van der Waals surface area contributed by atoms with Crippen molar-refractivity contribution in [2.75, 3.05) is 10.6 Å². The molecule has 0 aliphatic carbocycles. The van der Waals surface area contributed by atoms with Crippen LogP contribution < -0.4 is 15.4 Å². The Labute approximate surface area is 158 Å². The molecule has 0 saturated heterocycles. The lowest BCUT2D eigenvalue weighted by molar-refractivity contribution is 0.102. The molecule has 0 aliphatic rings. The van der Waals surface area contributed by atoms with E-state index in [1.165, 1.54) is 0 Å². The number of carbonyl (C=O) groups excluding carboxylic acids is 1. The molecule has 0 radical (unpaired) electrons. The number of nitrogens with zero attached hydrogens (tertiary/aromatic N) is 2. The summed E-state index contributed by atoms with van der Waals surface area (Å²) in [5.41, 5.74) is 2.55. The van der Waals surface area contributed by atoms with Crippen molar-refractivity contribution in [1.82, 2.24) is 10.2 Å². The van der Waals surface area contributed by atoms with Gasteiger partial charge < -0.3 is 15.4 Å². The Hall–Kier alpha value is -3.41. The normalized spacial score (nSPS) is 10.5. The van der Waals surface area contributed by atoms with Gasteiger partial charge in [0.15, 0.2) is 11.6 Å². The van der Waals surface area contributed by atoms with Crippen LogP contribution in [-0.2, 0) is 0 Å². The number of aryl methyl sites for hydroxylation is 1. The number of ether oxygens (including phenoxy) is 1. The highest BCUT2D eigenvalue weighted by Crippen LogP contribution is 2.20. The zero-order valence-corrected chi connectivity index (χ0v) is 15.6. The van der Waals surface area contributed by atoms with E-state index in [9.17, 15) is 4.79 Å². The van der Waals surface area contributed by atoms with Gasteiger partial charge in [-0.1, -0.05) is 17.7 Å². The Bertz CT molecular complexity index is 889. The van der Waals surface area contributed by atoms with Crippen LogP contribution in [0.4, 0.5) is 17.3 Å². The summed E-state index contributed by atoms with van der Waals surface area (Å²) in [4.78, 5) is 12.2. The van der Waals surface area contributed by atoms with Gasteiger partial charge >= 0.3 is 0 Å². The van der Waals surface area contributed by atoms with Crippen LogP contribution in [0.2, 0.25) is 0 Å². The predicted octanol–water partition coefficient (Wildman–Crippen LogP) is 4.57. The fourth-order valence-corrected chi connectivity index (χ4v) is 2.40. The molecule has 6 heteroatoms. The fraction of sp³-hybridized carbons (Fsp3) is 0.190. The largest absolute Gasteiger partial charge is 0.491 e. The van der Waals surface area contributed by atoms with E-state index in [0.717, 1.165) is 17.0 Å². The second-order valence-corrected chi connectivity index (χ2v) is 6.44. The van der Waals surface area contributed by atoms with Crippen molar-refractivity contribution >= 4 is 23.2 Å². The van der Waals surface area contributed by atoms with Gasteiger partial charge in [0.2, 0.25) is 0 Å². The predicted molar refractivity (Wildman–Crippen MR) is 107 cm³/mol. The van der Waals surface area contributed by atoms with Crippen LogP contribution in [0.25, 0.3) is 0 Å². The Morgan fingerprint density at radius 1 is 0.889 bits per heavy atom. The van der Waals surface area contributed by atoms with Crippen molar-refractivity contribution in [2.45, 2.75) is 26.9 Å². The van der Waals surface area contributed by atoms with E-state index in [2.05, 4.69) is 20.8 Å². The SMILES string of the molecule is Cc1ccc(C(=O)Nc2ccc(Nc3ccc(OC(C)C)cc3)nn2)cc1. The van der Waals surface area contributed by atoms with Crippen LogP contribution in [0.3, 0.4) is 0 Å². The van der Waals surface area contributed by atoms with Crippen molar-refractivity contribution in [3.05, 3.63) is 71.8 Å². The molecule has 1 aromatic heterocycles. The second-order valence-electron chi connectivity index (χ2n) is 6.44. The average Bonchev–Trinajstić information content (AvgIpc) is 2.65. The number of benzene rings is 2. The quantitative estimate of drug-likeness (QED) is 0.672. The lowest BCUT2D eigenvalue weighted by atomic mass is 10.1. The van der Waals surface area contributed by atoms with Crippen molar-refractivity contribution < 1.29 is 9.53 Å². The standard InChI is InChI=1S/C21H22N4O2/c1-14(2)27-18-10-8-17(9-11-18)22-19-12-13-20(25-24-19)23-21(26)16-6-4-15(3)5-7-16/h4-14H,1-3H3,(H,22,24)(H,23,25,26). The molecule has 0 bridgehead atoms. The summed E-state index contributed by atoms with van der Waals surface area (Å²) in [7, 11) is 0. The van der Waals surface area contributed by atoms with E-state index in [-0.39, 0.29) is 12.0 Å². The van der Waals surface area contributed by atoms with E-state index in [1.807, 2.05) is 57.2 Å². The van der Waals surface area contributed by atoms with Crippen LogP contribution in [0, 0.1) is 6.92 Å². The van der Waals surface area contributed by atoms with Gasteiger partial charge in [-0.2, -0.15) is 0 Å². The molecule has 138 valence electrons. The molecule has 2 N–H and O–H groups in total. The summed E-state index contributed by atoms with van der Waals surface area (Å²) >= 11 is 0. The molecule has 0 fully saturated rings. The topological polar surface area (TPSA) is 76.1 Å². The third-order valence-electron chi connectivity index (χ3n) is 3.72. The first-order valence-corrected chi connectivity index (χ1v) is 8.75. The molecule has 0 unspecified atom stereocenters. The van der Waals surface area contributed by atoms with E-state index < -0.39 is 0 Å². The van der Waals surface area contributed by atoms with Gasteiger partial charge in [0.05, 0.1) is 6.10 Å². The van der Waals surface area contributed by atoms with Gasteiger partial charge in [-0.15, -0.1) is 10.2 Å². The average molecular weight is 362 g/mol. The summed E-state index contributed by atoms with van der Waals surface area (Å²) in [6.07, 6.45) is 0.136. The first-order chi connectivity index (χ1) is 13.0. The van der Waals surface area contributed by atoms with Crippen molar-refractivity contribution in [1.29, 1.82) is 0 Å². The minimum absolute atomic E-state index is 0.136. The van der Waals surface area contributed by atoms with Gasteiger partial charge in [0, 0.05) is 11.3 Å². The van der Waals surface area contributed by atoms with Crippen LogP contribution in [0.15, 0.2) is 60.7 Å². The monoisotopic (exact) mass is 362 g/mol. The Morgan fingerprint density at radius 3 is 2.11 bits per heavy atom. The zero-order valence-electron chi connectivity index (χ0n) is 15.6. The third-order valence-corrected chi connectivity index (χ3v) is 3.72. The molecular formula is C21H22N4O2. The van der Waals surface area contributed by atoms with E-state index >= 15 is 0 Å². The summed E-state index contributed by atoms with van der Waals surface area (Å²) in [6, 6.07) is 18.4. The molecule has 1 amide bonds. The summed E-state index contributed by atoms with van der Waals surface area (Å²) in [5, 5.41) is 14.0. The first-order valence-electron chi connectivity index (χ1n) is 8.75. The van der Waals surface area contributed by atoms with Crippen molar-refractivity contribution in [3.8, 4) is 5.75 Å². The molecule has 3 rings (SSSR count). The number of hydrogen-bond donors (Lipinski definition) is 2. The smallest absolute Gasteiger partial charge is 0.256 e. The first kappa shape index (κ1) is 18.4. The number of carbonyl (C=O) groups is 1. The summed E-state index contributed by atoms with van der Waals surface area (Å²) < 4.78 is 5.62. The maximum absolute atomic E-state index is 12.2. The van der Waals surface area contributed by atoms with Crippen molar-refractivity contribution in [3.63, 3.8) is 0 Å². The number of anilines is 3. The minimum Gasteiger partial charge on any atom is -0.491 e. The van der Waals surface area contributed by atoms with Crippen LogP contribution >= 0.6 is 0 Å². The van der Waals surface area contributed by atoms with Gasteiger partial charge in [-0.25, -0.2) is 0 Å². The van der Waals surface area contributed by atoms with E-state index in [1.54, 1.807) is 24.3 Å². The van der Waals surface area contributed by atoms with Crippen LogP contribution in [0.5, 0.6) is 5.75 Å². The number of aromatic nitrogens is 2. The molecule has 3 aromatic rings. The van der Waals surface area contributed by atoms with Crippen LogP contribution in [-0.4, -0.2) is 22.2 Å². The minimum atomic E-state index is -0.217. The van der Waals surface area contributed by atoms with Gasteiger partial charge in [-0.05, 0) is 69.3 Å². The fourth-order valence-electron chi connectivity index (χ4n) is 2.40. The van der Waals surface area contributed by atoms with Crippen LogP contribution in [0.1, 0.15) is 29.8 Å². The molecule has 0 spiro atoms. The molecular weight excluding hydrogens is 340 g/mol. The Kier molecular flexibility index (Phi) is 5.66. The van der Waals surface area contributed by atoms with E-state index in [4.69, 9.17) is 4.74 Å². The maximum Gasteiger partial charge on any atom is 0.256 e. The molecule has 0 aliphatic heterocycles. The molecule has 1 heterocycles. The molecule has 27 heavy (non-hydrogen) atoms. The Morgan fingerprint density at radius 2 is 1.52 bits per heavy atom. The lowest BCUT2D eigenvalue weighted by Gasteiger charge is -2.11. The molecule has 2 aromatic carbocycles. The number of amides is 1. The molecule has 6 nitrogen and oxygen atoms in total. The van der Waals surface area contributed by atoms with Gasteiger partial charge in [-0.3, -0.25) is 4.79 Å². The third kappa shape index (κ3) is 5.28. The Balaban J connectivity index is 1.60. The lowest BCUT2D eigenvalue weighted by Crippen LogP contribution is -2.13. The highest BCUT2D eigenvalue weighted by molar-refractivity contribution is 6.03. The number of hydrogen-bond acceptors (Lipinski definition) is 5. The zero-order chi connectivity index (χ0) is 19.2. The highest BCUT2D eigenvalue weighted by Gasteiger charge is 2.07. The molecule has 0 atom stereocenters. The van der Waals surface area contributed by atoms with Gasteiger partial charge in [0.1, 0.15) is 5.75 Å². The van der Waals surface area contributed by atoms with Crippen molar-refractivity contribution in [2.24, 2.45) is 0 Å². The van der Waals surface area contributed by atoms with E-state index in [0.29, 0.717) is 17.2 Å². The van der Waals surface area contributed by atoms with Gasteiger partial charge in [0.25, 0.3) is 5.91 Å². The highest BCUT2D eigenvalue weighted by atomic mass is 16.5. The maximum atomic E-state index is 12.2. The summed E-state index contributed by atoms with van der Waals surface area (Å²) in [5.74, 6) is 1.58. The number of nitrogens with one attached hydrogen (secondary N) is 2. The summed E-state index contributed by atoms with van der Waals surface area (Å²) in [6.45, 7) is 5.95.